The number of anilines is 2. The highest BCUT2D eigenvalue weighted by atomic mass is 32.2. The van der Waals surface area contributed by atoms with Gasteiger partial charge in [0.2, 0.25) is 0 Å². The van der Waals surface area contributed by atoms with Crippen LogP contribution in [0.15, 0.2) is 41.3 Å². The number of nitrogens with zero attached hydrogens (tertiary/aromatic N) is 1. The maximum absolute atomic E-state index is 12.8. The second-order valence-corrected chi connectivity index (χ2v) is 9.66. The molecular formula is C23H28N2O6S. The van der Waals surface area contributed by atoms with Gasteiger partial charge >= 0.3 is 11.9 Å². The van der Waals surface area contributed by atoms with Gasteiger partial charge in [-0.1, -0.05) is 6.07 Å². The smallest absolute Gasteiger partial charge is 0.337 e. The summed E-state index contributed by atoms with van der Waals surface area (Å²) in [6.07, 6.45) is 1.14. The van der Waals surface area contributed by atoms with Crippen molar-refractivity contribution in [3.8, 4) is 0 Å². The van der Waals surface area contributed by atoms with Crippen LogP contribution in [0.2, 0.25) is 0 Å². The van der Waals surface area contributed by atoms with E-state index in [4.69, 9.17) is 4.74 Å². The van der Waals surface area contributed by atoms with Crippen LogP contribution in [0.3, 0.4) is 0 Å². The van der Waals surface area contributed by atoms with Gasteiger partial charge < -0.3 is 14.7 Å². The van der Waals surface area contributed by atoms with Gasteiger partial charge in [0.25, 0.3) is 10.0 Å². The first-order valence-corrected chi connectivity index (χ1v) is 12.0. The summed E-state index contributed by atoms with van der Waals surface area (Å²) in [6.45, 7) is 6.75. The summed E-state index contributed by atoms with van der Waals surface area (Å²) in [6, 6.07) is 9.49. The maximum Gasteiger partial charge on any atom is 0.337 e. The minimum absolute atomic E-state index is 0.000192. The van der Waals surface area contributed by atoms with Crippen LogP contribution in [-0.2, 0) is 19.6 Å². The fourth-order valence-electron chi connectivity index (χ4n) is 3.96. The Kier molecular flexibility index (Phi) is 7.08. The van der Waals surface area contributed by atoms with Gasteiger partial charge in [-0.3, -0.25) is 9.52 Å². The van der Waals surface area contributed by atoms with Gasteiger partial charge in [0.15, 0.2) is 0 Å². The quantitative estimate of drug-likeness (QED) is 0.607. The number of ether oxygens (including phenoxy) is 1. The third-order valence-electron chi connectivity index (χ3n) is 5.44. The Bertz CT molecular complexity index is 1100. The average Bonchev–Trinajstić information content (AvgIpc) is 2.73. The molecule has 0 atom stereocenters. The first-order valence-electron chi connectivity index (χ1n) is 10.5. The summed E-state index contributed by atoms with van der Waals surface area (Å²) in [7, 11) is -3.87. The lowest BCUT2D eigenvalue weighted by Gasteiger charge is -2.33. The van der Waals surface area contributed by atoms with Gasteiger partial charge in [0, 0.05) is 18.8 Å². The number of carboxylic acid groups (broad SMARTS) is 1. The van der Waals surface area contributed by atoms with E-state index >= 15 is 0 Å². The third-order valence-corrected chi connectivity index (χ3v) is 6.80. The van der Waals surface area contributed by atoms with Crippen LogP contribution in [0.4, 0.5) is 11.4 Å². The molecule has 9 heteroatoms. The molecule has 1 heterocycles. The molecule has 0 unspecified atom stereocenters. The molecule has 0 amide bonds. The van der Waals surface area contributed by atoms with E-state index in [0.717, 1.165) is 11.1 Å². The molecule has 1 aliphatic heterocycles. The molecule has 32 heavy (non-hydrogen) atoms. The number of carboxylic acids is 1. The number of hydrogen-bond acceptors (Lipinski definition) is 6. The molecule has 2 aromatic carbocycles. The van der Waals surface area contributed by atoms with Gasteiger partial charge in [0.1, 0.15) is 0 Å². The van der Waals surface area contributed by atoms with Crippen molar-refractivity contribution in [3.63, 3.8) is 0 Å². The van der Waals surface area contributed by atoms with Crippen molar-refractivity contribution in [1.29, 1.82) is 0 Å². The lowest BCUT2D eigenvalue weighted by molar-refractivity contribution is -0.148. The van der Waals surface area contributed by atoms with Crippen molar-refractivity contribution in [2.24, 2.45) is 5.92 Å². The molecule has 0 saturated carbocycles. The van der Waals surface area contributed by atoms with E-state index in [1.165, 1.54) is 6.07 Å². The van der Waals surface area contributed by atoms with E-state index in [1.807, 2.05) is 24.8 Å². The van der Waals surface area contributed by atoms with Gasteiger partial charge in [0.05, 0.1) is 28.7 Å². The zero-order chi connectivity index (χ0) is 23.5. The molecule has 0 aliphatic carbocycles. The molecule has 2 N–H and O–H groups in total. The molecule has 172 valence electrons. The number of sulfonamides is 1. The Hall–Kier alpha value is -3.07. The monoisotopic (exact) mass is 460 g/mol. The minimum Gasteiger partial charge on any atom is -0.478 e. The van der Waals surface area contributed by atoms with Crippen LogP contribution >= 0.6 is 0 Å². The first kappa shape index (κ1) is 23.6. The number of aryl methyl sites for hydroxylation is 2. The number of piperidine rings is 1. The summed E-state index contributed by atoms with van der Waals surface area (Å²) in [5.41, 5.74) is 2.30. The van der Waals surface area contributed by atoms with Crippen LogP contribution in [0.25, 0.3) is 0 Å². The largest absolute Gasteiger partial charge is 0.478 e. The van der Waals surface area contributed by atoms with Gasteiger partial charge in [-0.05, 0) is 75.1 Å². The van der Waals surface area contributed by atoms with Crippen LogP contribution in [0, 0.1) is 19.8 Å². The maximum atomic E-state index is 12.8. The van der Waals surface area contributed by atoms with Gasteiger partial charge in [-0.25, -0.2) is 13.2 Å². The number of carbonyl (C=O) groups is 2. The molecular weight excluding hydrogens is 432 g/mol. The van der Waals surface area contributed by atoms with E-state index in [1.54, 1.807) is 31.2 Å². The summed E-state index contributed by atoms with van der Waals surface area (Å²) < 4.78 is 33.2. The Morgan fingerprint density at radius 1 is 1.09 bits per heavy atom. The van der Waals surface area contributed by atoms with E-state index in [0.29, 0.717) is 38.2 Å². The lowest BCUT2D eigenvalue weighted by atomic mass is 9.96. The number of hydrogen-bond donors (Lipinski definition) is 2. The summed E-state index contributed by atoms with van der Waals surface area (Å²) >= 11 is 0. The number of benzene rings is 2. The standard InChI is InChI=1S/C23H28N2O6S/c1-4-31-23(28)17-7-9-25(10-8-17)21-6-5-18(14-20(21)22(26)27)24-32(29,30)19-12-15(2)11-16(3)13-19/h5-6,11-14,17,24H,4,7-10H2,1-3H3,(H,26,27). The van der Waals surface area contributed by atoms with Gasteiger partial charge in [-0.2, -0.15) is 0 Å². The van der Waals surface area contributed by atoms with E-state index in [2.05, 4.69) is 4.72 Å². The molecule has 1 saturated heterocycles. The second-order valence-electron chi connectivity index (χ2n) is 7.98. The Morgan fingerprint density at radius 2 is 1.72 bits per heavy atom. The summed E-state index contributed by atoms with van der Waals surface area (Å²) in [5, 5.41) is 9.74. The third kappa shape index (κ3) is 5.40. The highest BCUT2D eigenvalue weighted by molar-refractivity contribution is 7.92. The SMILES string of the molecule is CCOC(=O)C1CCN(c2ccc(NS(=O)(=O)c3cc(C)cc(C)c3)cc2C(=O)O)CC1. The molecule has 3 rings (SSSR count). The second kappa shape index (κ2) is 9.60. The number of esters is 1. The molecule has 0 aromatic heterocycles. The highest BCUT2D eigenvalue weighted by Gasteiger charge is 2.28. The fourth-order valence-corrected chi connectivity index (χ4v) is 5.20. The Labute approximate surface area is 188 Å². The number of nitrogens with one attached hydrogen (secondary N) is 1. The van der Waals surface area contributed by atoms with Crippen LogP contribution < -0.4 is 9.62 Å². The predicted octanol–water partition coefficient (Wildman–Crippen LogP) is 3.58. The van der Waals surface area contributed by atoms with Crippen LogP contribution in [0.5, 0.6) is 0 Å². The average molecular weight is 461 g/mol. The first-order chi connectivity index (χ1) is 15.1. The number of rotatable bonds is 7. The molecule has 1 fully saturated rings. The predicted molar refractivity (Wildman–Crippen MR) is 122 cm³/mol. The zero-order valence-corrected chi connectivity index (χ0v) is 19.2. The Morgan fingerprint density at radius 3 is 2.28 bits per heavy atom. The molecule has 2 aromatic rings. The van der Waals surface area contributed by atoms with Crippen molar-refractivity contribution in [3.05, 3.63) is 53.1 Å². The van der Waals surface area contributed by atoms with Crippen LogP contribution in [0.1, 0.15) is 41.3 Å². The minimum atomic E-state index is -3.87. The van der Waals surface area contributed by atoms with Crippen molar-refractivity contribution >= 4 is 33.3 Å². The fraction of sp³-hybridized carbons (Fsp3) is 0.391. The molecule has 0 spiro atoms. The molecule has 8 nitrogen and oxygen atoms in total. The van der Waals surface area contributed by atoms with Crippen LogP contribution in [-0.4, -0.2) is 45.2 Å². The number of aromatic carboxylic acids is 1. The highest BCUT2D eigenvalue weighted by Crippen LogP contribution is 2.30. The topological polar surface area (TPSA) is 113 Å². The normalized spacial score (nSPS) is 14.8. The zero-order valence-electron chi connectivity index (χ0n) is 18.4. The number of carbonyl (C=O) groups excluding carboxylic acids is 1. The van der Waals surface area contributed by atoms with Crippen molar-refractivity contribution in [1.82, 2.24) is 0 Å². The molecule has 0 radical (unpaired) electrons. The molecule has 0 bridgehead atoms. The van der Waals surface area contributed by atoms with Gasteiger partial charge in [-0.15, -0.1) is 0 Å². The van der Waals surface area contributed by atoms with E-state index in [9.17, 15) is 23.1 Å². The summed E-state index contributed by atoms with van der Waals surface area (Å²) in [5.74, 6) is -1.56. The van der Waals surface area contributed by atoms with Crippen molar-refractivity contribution in [2.45, 2.75) is 38.5 Å². The summed E-state index contributed by atoms with van der Waals surface area (Å²) in [4.78, 5) is 25.9. The lowest BCUT2D eigenvalue weighted by Crippen LogP contribution is -2.37. The molecule has 1 aliphatic rings. The van der Waals surface area contributed by atoms with Crippen molar-refractivity contribution in [2.75, 3.05) is 29.3 Å². The van der Waals surface area contributed by atoms with E-state index < -0.39 is 16.0 Å². The Balaban J connectivity index is 1.81. The van der Waals surface area contributed by atoms with Crippen molar-refractivity contribution < 1.29 is 27.9 Å². The van der Waals surface area contributed by atoms with E-state index in [-0.39, 0.29) is 28.0 Å².